The molecule has 0 saturated heterocycles. The van der Waals surface area contributed by atoms with Crippen molar-refractivity contribution in [2.45, 2.75) is 85.5 Å². The van der Waals surface area contributed by atoms with Gasteiger partial charge in [0.05, 0.1) is 0 Å². The summed E-state index contributed by atoms with van der Waals surface area (Å²) in [7, 11) is 0. The van der Waals surface area contributed by atoms with Crippen LogP contribution < -0.4 is 0 Å². The summed E-state index contributed by atoms with van der Waals surface area (Å²) in [5.41, 5.74) is 5.73. The lowest BCUT2D eigenvalue weighted by Gasteiger charge is -2.62. The number of benzene rings is 1. The Balaban J connectivity index is 1.44. The maximum absolute atomic E-state index is 2.71. The molecule has 4 aliphatic rings. The summed E-state index contributed by atoms with van der Waals surface area (Å²) in [5, 5.41) is 0. The van der Waals surface area contributed by atoms with E-state index in [2.05, 4.69) is 58.0 Å². The molecule has 1 aromatic carbocycles. The molecule has 0 amide bonds. The van der Waals surface area contributed by atoms with Crippen LogP contribution in [0.5, 0.6) is 0 Å². The number of aryl methyl sites for hydroxylation is 1. The molecule has 28 heavy (non-hydrogen) atoms. The van der Waals surface area contributed by atoms with E-state index in [1.54, 1.807) is 5.57 Å². The zero-order valence-electron chi connectivity index (χ0n) is 18.6. The van der Waals surface area contributed by atoms with Gasteiger partial charge in [-0.25, -0.2) is 0 Å². The smallest absolute Gasteiger partial charge is 0.0254 e. The summed E-state index contributed by atoms with van der Waals surface area (Å²) in [6.07, 6.45) is 15.8. The lowest BCUT2D eigenvalue weighted by molar-refractivity contribution is -0.128. The van der Waals surface area contributed by atoms with Crippen molar-refractivity contribution in [3.05, 3.63) is 41.0 Å². The Morgan fingerprint density at radius 1 is 0.964 bits per heavy atom. The van der Waals surface area contributed by atoms with E-state index in [-0.39, 0.29) is 0 Å². The summed E-state index contributed by atoms with van der Waals surface area (Å²) < 4.78 is 0. The maximum atomic E-state index is 2.71. The molecule has 0 N–H and O–H groups in total. The Hall–Kier alpha value is -1.04. The minimum atomic E-state index is 0.559. The van der Waals surface area contributed by atoms with Crippen molar-refractivity contribution in [2.24, 2.45) is 40.4 Å². The van der Waals surface area contributed by atoms with Gasteiger partial charge in [-0.15, -0.1) is 0 Å². The zero-order chi connectivity index (χ0) is 19.5. The molecular formula is C28H40. The molecule has 0 radical (unpaired) electrons. The van der Waals surface area contributed by atoms with Gasteiger partial charge in [0.25, 0.3) is 0 Å². The largest absolute Gasteiger partial charge is 0.0688 e. The first kappa shape index (κ1) is 19.0. The second-order valence-electron chi connectivity index (χ2n) is 11.7. The van der Waals surface area contributed by atoms with Gasteiger partial charge in [0, 0.05) is 0 Å². The SMILES string of the molecule is Cc1ccc(C=C2C[C@H]3[C@@H]4C(C)C[C@H]5CCCC[C@]5(C)[C@H]4CC[C@]3(C)C2)cc1. The van der Waals surface area contributed by atoms with Crippen LogP contribution in [0.15, 0.2) is 29.8 Å². The summed E-state index contributed by atoms with van der Waals surface area (Å²) in [5.74, 6) is 4.85. The van der Waals surface area contributed by atoms with Crippen LogP contribution in [0.25, 0.3) is 6.08 Å². The first-order chi connectivity index (χ1) is 13.4. The average molecular weight is 377 g/mol. The molecule has 0 spiro atoms. The fourth-order valence-corrected chi connectivity index (χ4v) is 8.57. The first-order valence-electron chi connectivity index (χ1n) is 12.2. The van der Waals surface area contributed by atoms with Crippen molar-refractivity contribution >= 4 is 6.08 Å². The quantitative estimate of drug-likeness (QED) is 0.465. The second-order valence-corrected chi connectivity index (χ2v) is 11.7. The van der Waals surface area contributed by atoms with E-state index in [4.69, 9.17) is 0 Å². The van der Waals surface area contributed by atoms with E-state index in [1.807, 2.05) is 0 Å². The molecule has 0 heterocycles. The van der Waals surface area contributed by atoms with Crippen LogP contribution in [-0.4, -0.2) is 0 Å². The summed E-state index contributed by atoms with van der Waals surface area (Å²) in [6, 6.07) is 9.15. The molecule has 0 aliphatic heterocycles. The topological polar surface area (TPSA) is 0 Å². The van der Waals surface area contributed by atoms with Gasteiger partial charge in [0.1, 0.15) is 0 Å². The van der Waals surface area contributed by atoms with Crippen LogP contribution in [0.1, 0.15) is 89.7 Å². The zero-order valence-corrected chi connectivity index (χ0v) is 18.6. The van der Waals surface area contributed by atoms with E-state index >= 15 is 0 Å². The van der Waals surface area contributed by atoms with Crippen molar-refractivity contribution in [3.63, 3.8) is 0 Å². The Morgan fingerprint density at radius 3 is 2.54 bits per heavy atom. The Labute approximate surface area is 173 Å². The summed E-state index contributed by atoms with van der Waals surface area (Å²) in [4.78, 5) is 0. The van der Waals surface area contributed by atoms with E-state index < -0.39 is 0 Å². The lowest BCUT2D eigenvalue weighted by Crippen LogP contribution is -2.54. The molecule has 4 fully saturated rings. The first-order valence-corrected chi connectivity index (χ1v) is 12.2. The number of hydrogen-bond donors (Lipinski definition) is 0. The fourth-order valence-electron chi connectivity index (χ4n) is 8.57. The fraction of sp³-hybridized carbons (Fsp3) is 0.714. The van der Waals surface area contributed by atoms with Crippen LogP contribution in [0.3, 0.4) is 0 Å². The van der Waals surface area contributed by atoms with Gasteiger partial charge in [-0.1, -0.05) is 75.1 Å². The van der Waals surface area contributed by atoms with Crippen molar-refractivity contribution in [1.82, 2.24) is 0 Å². The standard InChI is InChI=1S/C28H40/c1-19-8-10-21(11-9-19)16-22-17-25-26-20(2)15-23-7-5-6-13-28(23,4)24(26)12-14-27(25,3)18-22/h8-11,16,20,23-26H,5-7,12-15,17-18H2,1-4H3/t20?,23-,24+,25+,26-,27-,28+/m1/s1. The van der Waals surface area contributed by atoms with E-state index in [1.165, 1.54) is 68.9 Å². The van der Waals surface area contributed by atoms with Gasteiger partial charge in [-0.3, -0.25) is 0 Å². The highest BCUT2D eigenvalue weighted by atomic mass is 14.6. The molecule has 1 unspecified atom stereocenters. The Kier molecular flexibility index (Phi) is 4.57. The molecular weight excluding hydrogens is 336 g/mol. The van der Waals surface area contributed by atoms with Gasteiger partial charge >= 0.3 is 0 Å². The Morgan fingerprint density at radius 2 is 1.75 bits per heavy atom. The van der Waals surface area contributed by atoms with Crippen LogP contribution >= 0.6 is 0 Å². The van der Waals surface area contributed by atoms with Crippen molar-refractivity contribution in [1.29, 1.82) is 0 Å². The molecule has 0 bridgehead atoms. The molecule has 0 nitrogen and oxygen atoms in total. The van der Waals surface area contributed by atoms with Crippen LogP contribution in [-0.2, 0) is 0 Å². The number of hydrogen-bond acceptors (Lipinski definition) is 0. The van der Waals surface area contributed by atoms with Crippen LogP contribution in [0.2, 0.25) is 0 Å². The highest BCUT2D eigenvalue weighted by Crippen LogP contribution is 2.68. The predicted octanol–water partition coefficient (Wildman–Crippen LogP) is 8.06. The van der Waals surface area contributed by atoms with Gasteiger partial charge in [-0.2, -0.15) is 0 Å². The third kappa shape index (κ3) is 2.93. The molecule has 5 rings (SSSR count). The van der Waals surface area contributed by atoms with E-state index in [0.29, 0.717) is 10.8 Å². The molecule has 4 aliphatic carbocycles. The predicted molar refractivity (Wildman–Crippen MR) is 120 cm³/mol. The minimum Gasteiger partial charge on any atom is -0.0688 e. The lowest BCUT2D eigenvalue weighted by atomic mass is 9.43. The molecule has 0 aromatic heterocycles. The van der Waals surface area contributed by atoms with Gasteiger partial charge < -0.3 is 0 Å². The summed E-state index contributed by atoms with van der Waals surface area (Å²) in [6.45, 7) is 10.2. The average Bonchev–Trinajstić information content (AvgIpc) is 3.00. The maximum Gasteiger partial charge on any atom is -0.0254 e. The minimum absolute atomic E-state index is 0.559. The molecule has 152 valence electrons. The highest BCUT2D eigenvalue weighted by Gasteiger charge is 2.59. The molecule has 0 heteroatoms. The monoisotopic (exact) mass is 376 g/mol. The second kappa shape index (κ2) is 6.75. The molecule has 7 atom stereocenters. The van der Waals surface area contributed by atoms with Crippen molar-refractivity contribution in [3.8, 4) is 0 Å². The van der Waals surface area contributed by atoms with E-state index in [9.17, 15) is 0 Å². The highest BCUT2D eigenvalue weighted by molar-refractivity contribution is 5.54. The normalized spacial score (nSPS) is 46.7. The Bertz CT molecular complexity index is 755. The van der Waals surface area contributed by atoms with E-state index in [0.717, 1.165) is 29.6 Å². The van der Waals surface area contributed by atoms with Crippen LogP contribution in [0, 0.1) is 47.3 Å². The summed E-state index contributed by atoms with van der Waals surface area (Å²) >= 11 is 0. The number of rotatable bonds is 1. The number of allylic oxidation sites excluding steroid dienone is 1. The van der Waals surface area contributed by atoms with Gasteiger partial charge in [0.15, 0.2) is 0 Å². The molecule has 4 saturated carbocycles. The van der Waals surface area contributed by atoms with Gasteiger partial charge in [0.2, 0.25) is 0 Å². The molecule has 1 aromatic rings. The van der Waals surface area contributed by atoms with Crippen molar-refractivity contribution < 1.29 is 0 Å². The van der Waals surface area contributed by atoms with Gasteiger partial charge in [-0.05, 0) is 97.9 Å². The third-order valence-electron chi connectivity index (χ3n) is 10.0. The number of fused-ring (bicyclic) bond motifs is 5. The third-order valence-corrected chi connectivity index (χ3v) is 10.0. The van der Waals surface area contributed by atoms with Crippen molar-refractivity contribution in [2.75, 3.05) is 0 Å². The van der Waals surface area contributed by atoms with Crippen LogP contribution in [0.4, 0.5) is 0 Å².